The fourth-order valence-corrected chi connectivity index (χ4v) is 4.80. The number of ketones is 2. The predicted octanol–water partition coefficient (Wildman–Crippen LogP) is 6.73. The van der Waals surface area contributed by atoms with E-state index in [1.54, 1.807) is 18.2 Å². The lowest BCUT2D eigenvalue weighted by Crippen LogP contribution is -2.28. The second-order valence-electron chi connectivity index (χ2n) is 9.98. The molecule has 0 spiro atoms. The van der Waals surface area contributed by atoms with Gasteiger partial charge in [-0.25, -0.2) is 4.39 Å². The van der Waals surface area contributed by atoms with Crippen LogP contribution in [0.15, 0.2) is 84.9 Å². The number of nitrogens with one attached hydrogen (secondary N) is 1. The molecule has 39 heavy (non-hydrogen) atoms. The van der Waals surface area contributed by atoms with Crippen molar-refractivity contribution < 1.29 is 18.8 Å². The van der Waals surface area contributed by atoms with E-state index in [1.165, 1.54) is 18.2 Å². The molecule has 1 aliphatic carbocycles. The number of fused-ring (bicyclic) bond motifs is 1. The molecule has 5 nitrogen and oxygen atoms in total. The van der Waals surface area contributed by atoms with Crippen LogP contribution in [-0.2, 0) is 14.4 Å². The minimum Gasteiger partial charge on any atom is -0.349 e. The molecule has 1 N–H and O–H groups in total. The quantitative estimate of drug-likeness (QED) is 0.186. The van der Waals surface area contributed by atoms with Crippen LogP contribution < -0.4 is 5.32 Å². The topological polar surface area (TPSA) is 76.1 Å². The van der Waals surface area contributed by atoms with Gasteiger partial charge in [-0.1, -0.05) is 60.7 Å². The molecule has 4 aromatic rings. The van der Waals surface area contributed by atoms with Crippen molar-refractivity contribution in [2.75, 3.05) is 0 Å². The number of hydrogen-bond donors (Lipinski definition) is 1. The third-order valence-corrected chi connectivity index (χ3v) is 6.90. The zero-order chi connectivity index (χ0) is 27.4. The predicted molar refractivity (Wildman–Crippen MR) is 150 cm³/mol. The number of benzene rings is 3. The van der Waals surface area contributed by atoms with Gasteiger partial charge in [0.25, 0.3) is 0 Å². The summed E-state index contributed by atoms with van der Waals surface area (Å²) in [6.07, 6.45) is 4.42. The molecule has 1 atom stereocenters. The minimum absolute atomic E-state index is 0.242. The van der Waals surface area contributed by atoms with Crippen LogP contribution in [0.25, 0.3) is 28.1 Å². The van der Waals surface area contributed by atoms with Crippen molar-refractivity contribution in [3.63, 3.8) is 0 Å². The summed E-state index contributed by atoms with van der Waals surface area (Å²) in [5.41, 5.74) is 5.19. The van der Waals surface area contributed by atoms with Gasteiger partial charge in [0.15, 0.2) is 5.78 Å². The van der Waals surface area contributed by atoms with Gasteiger partial charge in [-0.15, -0.1) is 0 Å². The lowest BCUT2D eigenvalue weighted by molar-refractivity contribution is -0.130. The van der Waals surface area contributed by atoms with Crippen molar-refractivity contribution in [2.45, 2.75) is 44.6 Å². The van der Waals surface area contributed by atoms with Gasteiger partial charge in [0.1, 0.15) is 11.6 Å². The van der Waals surface area contributed by atoms with Crippen molar-refractivity contribution in [1.29, 1.82) is 0 Å². The van der Waals surface area contributed by atoms with E-state index in [4.69, 9.17) is 4.98 Å². The Balaban J connectivity index is 1.35. The summed E-state index contributed by atoms with van der Waals surface area (Å²) in [5, 5.41) is 3.71. The van der Waals surface area contributed by atoms with Gasteiger partial charge in [0.2, 0.25) is 5.91 Å². The van der Waals surface area contributed by atoms with Crippen LogP contribution in [0.2, 0.25) is 0 Å². The molecule has 0 aliphatic heterocycles. The number of carbonyl (C=O) groups excluding carboxylic acids is 3. The van der Waals surface area contributed by atoms with Crippen LogP contribution in [0.4, 0.5) is 4.39 Å². The van der Waals surface area contributed by atoms with Crippen LogP contribution in [0, 0.1) is 5.82 Å². The Kier molecular flexibility index (Phi) is 7.73. The molecule has 1 fully saturated rings. The van der Waals surface area contributed by atoms with Crippen LogP contribution >= 0.6 is 0 Å². The smallest absolute Gasteiger partial charge is 0.227 e. The van der Waals surface area contributed by atoms with Crippen molar-refractivity contribution in [3.05, 3.63) is 108 Å². The number of aromatic nitrogens is 1. The first-order valence-corrected chi connectivity index (χ1v) is 13.1. The summed E-state index contributed by atoms with van der Waals surface area (Å²) >= 11 is 0. The Morgan fingerprint density at radius 1 is 0.949 bits per heavy atom. The van der Waals surface area contributed by atoms with E-state index in [1.807, 2.05) is 61.5 Å². The number of para-hydroxylation sites is 1. The molecule has 6 heteroatoms. The lowest BCUT2D eigenvalue weighted by atomic mass is 9.92. The summed E-state index contributed by atoms with van der Waals surface area (Å²) in [7, 11) is 0. The number of allylic oxidation sites excluding steroid dienone is 1. The Bertz CT molecular complexity index is 1560. The fraction of sp³-hybridized carbons (Fsp3) is 0.212. The highest BCUT2D eigenvalue weighted by Gasteiger charge is 2.29. The van der Waals surface area contributed by atoms with Gasteiger partial charge in [-0.05, 0) is 61.2 Å². The van der Waals surface area contributed by atoms with Gasteiger partial charge in [-0.2, -0.15) is 0 Å². The maximum Gasteiger partial charge on any atom is 0.227 e. The largest absolute Gasteiger partial charge is 0.349 e. The number of rotatable bonds is 10. The number of halogens is 1. The van der Waals surface area contributed by atoms with E-state index < -0.39 is 11.7 Å². The summed E-state index contributed by atoms with van der Waals surface area (Å²) < 4.78 is 13.7. The molecule has 196 valence electrons. The lowest BCUT2D eigenvalue weighted by Gasteiger charge is -2.15. The van der Waals surface area contributed by atoms with Gasteiger partial charge in [0.05, 0.1) is 30.1 Å². The zero-order valence-corrected chi connectivity index (χ0v) is 21.7. The van der Waals surface area contributed by atoms with Crippen molar-refractivity contribution in [1.82, 2.24) is 10.3 Å². The molecule has 1 aliphatic rings. The minimum atomic E-state index is -0.444. The zero-order valence-electron chi connectivity index (χ0n) is 21.7. The molecule has 3 aromatic carbocycles. The van der Waals surface area contributed by atoms with E-state index in [2.05, 4.69) is 5.32 Å². The van der Waals surface area contributed by atoms with E-state index in [9.17, 15) is 18.8 Å². The highest BCUT2D eigenvalue weighted by atomic mass is 19.1. The molecular formula is C33H29FN2O3. The monoisotopic (exact) mass is 520 g/mol. The Hall–Kier alpha value is -4.45. The first kappa shape index (κ1) is 26.2. The number of Topliss-reactive ketones (excluding diaryl/α,β-unsaturated/α-hetero) is 1. The van der Waals surface area contributed by atoms with Gasteiger partial charge < -0.3 is 5.32 Å². The van der Waals surface area contributed by atoms with Gasteiger partial charge >= 0.3 is 0 Å². The molecule has 5 rings (SSSR count). The Morgan fingerprint density at radius 2 is 1.64 bits per heavy atom. The van der Waals surface area contributed by atoms with Crippen LogP contribution in [-0.4, -0.2) is 22.5 Å². The maximum absolute atomic E-state index is 13.7. The molecular weight excluding hydrogens is 491 g/mol. The summed E-state index contributed by atoms with van der Waals surface area (Å²) in [6, 6.07) is 23.3. The molecule has 0 bridgehead atoms. The molecule has 0 radical (unpaired) electrons. The van der Waals surface area contributed by atoms with Crippen LogP contribution in [0.1, 0.15) is 61.4 Å². The molecule has 0 unspecified atom stereocenters. The normalized spacial score (nSPS) is 13.9. The molecule has 0 saturated heterocycles. The number of pyridine rings is 1. The average Bonchev–Trinajstić information content (AvgIpc) is 3.77. The van der Waals surface area contributed by atoms with Crippen LogP contribution in [0.5, 0.6) is 0 Å². The van der Waals surface area contributed by atoms with E-state index >= 15 is 0 Å². The summed E-state index contributed by atoms with van der Waals surface area (Å²) in [6.45, 7) is 1.85. The van der Waals surface area contributed by atoms with Gasteiger partial charge in [0, 0.05) is 22.4 Å². The van der Waals surface area contributed by atoms with E-state index in [0.717, 1.165) is 51.7 Å². The number of hydrogen-bond acceptors (Lipinski definition) is 4. The number of carbonyl (C=O) groups is 3. The van der Waals surface area contributed by atoms with E-state index in [0.29, 0.717) is 5.92 Å². The third kappa shape index (κ3) is 6.34. The first-order chi connectivity index (χ1) is 18.9. The highest BCUT2D eigenvalue weighted by Crippen LogP contribution is 2.45. The molecule has 1 saturated carbocycles. The maximum atomic E-state index is 13.7. The first-order valence-electron chi connectivity index (χ1n) is 13.1. The van der Waals surface area contributed by atoms with Crippen LogP contribution in [0.3, 0.4) is 0 Å². The molecule has 1 heterocycles. The van der Waals surface area contributed by atoms with Crippen molar-refractivity contribution >= 4 is 34.5 Å². The summed E-state index contributed by atoms with van der Waals surface area (Å²) in [4.78, 5) is 42.6. The van der Waals surface area contributed by atoms with E-state index in [-0.39, 0.29) is 30.5 Å². The summed E-state index contributed by atoms with van der Waals surface area (Å²) in [5.74, 6) is -1.28. The fourth-order valence-electron chi connectivity index (χ4n) is 4.80. The average molecular weight is 521 g/mol. The Labute approximate surface area is 226 Å². The standard InChI is InChI=1S/C33H29FN2O3/c1-21(22-7-3-2-4-8-22)35-31(39)20-27(38)19-26(37)17-18-29-32(23-13-15-25(34)16-14-23)28-9-5-6-10-30(28)36-33(29)24-11-12-24/h2-10,13-18,21,24H,11-12,19-20H2,1H3,(H,35,39)/t21-/m0/s1. The van der Waals surface area contributed by atoms with Crippen molar-refractivity contribution in [3.8, 4) is 11.1 Å². The number of nitrogens with zero attached hydrogens (tertiary/aromatic N) is 1. The second kappa shape index (κ2) is 11.5. The molecule has 1 aromatic heterocycles. The Morgan fingerprint density at radius 3 is 2.36 bits per heavy atom. The molecule has 1 amide bonds. The second-order valence-corrected chi connectivity index (χ2v) is 9.98. The number of amides is 1. The third-order valence-electron chi connectivity index (χ3n) is 6.90. The SMILES string of the molecule is C[C@H](NC(=O)CC(=O)CC(=O)C=Cc1c(C2CC2)nc2ccccc2c1-c1ccc(F)cc1)c1ccccc1. The van der Waals surface area contributed by atoms with Crippen molar-refractivity contribution in [2.24, 2.45) is 0 Å². The highest BCUT2D eigenvalue weighted by molar-refractivity contribution is 6.11. The van der Waals surface area contributed by atoms with Gasteiger partial charge in [-0.3, -0.25) is 19.4 Å².